The van der Waals surface area contributed by atoms with Gasteiger partial charge in [-0.15, -0.1) is 0 Å². The molecule has 70 valence electrons. The third-order valence-electron chi connectivity index (χ3n) is 2.75. The highest BCUT2D eigenvalue weighted by Crippen LogP contribution is 2.26. The summed E-state index contributed by atoms with van der Waals surface area (Å²) in [4.78, 5) is 0. The van der Waals surface area contributed by atoms with Crippen LogP contribution >= 0.6 is 11.6 Å². The van der Waals surface area contributed by atoms with Gasteiger partial charge < -0.3 is 5.73 Å². The van der Waals surface area contributed by atoms with Gasteiger partial charge in [-0.2, -0.15) is 0 Å². The summed E-state index contributed by atoms with van der Waals surface area (Å²) in [5.74, 6) is 0. The van der Waals surface area contributed by atoms with E-state index in [1.807, 2.05) is 6.92 Å². The number of aryl methyl sites for hydroxylation is 2. The Morgan fingerprint density at radius 2 is 2.15 bits per heavy atom. The molecule has 0 aliphatic heterocycles. The van der Waals surface area contributed by atoms with E-state index in [0.717, 1.165) is 29.8 Å². The van der Waals surface area contributed by atoms with Crippen LogP contribution in [0.5, 0.6) is 0 Å². The highest BCUT2D eigenvalue weighted by atomic mass is 35.5. The Bertz CT molecular complexity index is 333. The van der Waals surface area contributed by atoms with Gasteiger partial charge in [-0.05, 0) is 48.9 Å². The number of fused-ring (bicyclic) bond motifs is 1. The molecule has 0 bridgehead atoms. The molecule has 0 unspecified atom stereocenters. The molecule has 13 heavy (non-hydrogen) atoms. The van der Waals surface area contributed by atoms with Gasteiger partial charge in [0.15, 0.2) is 0 Å². The Morgan fingerprint density at radius 3 is 2.92 bits per heavy atom. The number of halogens is 1. The molecule has 1 aliphatic carbocycles. The minimum Gasteiger partial charge on any atom is -0.327 e. The molecular weight excluding hydrogens is 182 g/mol. The average molecular weight is 196 g/mol. The monoisotopic (exact) mass is 195 g/mol. The van der Waals surface area contributed by atoms with E-state index in [1.165, 1.54) is 11.1 Å². The van der Waals surface area contributed by atoms with E-state index in [4.69, 9.17) is 17.3 Å². The molecule has 1 aromatic carbocycles. The van der Waals surface area contributed by atoms with Gasteiger partial charge in [0.05, 0.1) is 0 Å². The predicted octanol–water partition coefficient (Wildman–Crippen LogP) is 2.46. The van der Waals surface area contributed by atoms with Crippen LogP contribution in [-0.2, 0) is 12.8 Å². The summed E-state index contributed by atoms with van der Waals surface area (Å²) in [6.07, 6.45) is 3.18. The molecule has 1 atom stereocenters. The van der Waals surface area contributed by atoms with Crippen LogP contribution in [-0.4, -0.2) is 6.04 Å². The van der Waals surface area contributed by atoms with E-state index in [1.54, 1.807) is 0 Å². The van der Waals surface area contributed by atoms with Gasteiger partial charge in [-0.1, -0.05) is 17.7 Å². The molecule has 0 aromatic heterocycles. The summed E-state index contributed by atoms with van der Waals surface area (Å²) in [5.41, 5.74) is 9.84. The Balaban J connectivity index is 2.43. The van der Waals surface area contributed by atoms with E-state index in [-0.39, 0.29) is 0 Å². The molecule has 2 N–H and O–H groups in total. The van der Waals surface area contributed by atoms with Crippen molar-refractivity contribution in [3.63, 3.8) is 0 Å². The lowest BCUT2D eigenvalue weighted by Crippen LogP contribution is -2.27. The van der Waals surface area contributed by atoms with Crippen molar-refractivity contribution in [3.8, 4) is 0 Å². The fourth-order valence-electron chi connectivity index (χ4n) is 1.93. The van der Waals surface area contributed by atoms with E-state index >= 15 is 0 Å². The minimum atomic E-state index is 0.341. The van der Waals surface area contributed by atoms with Crippen LogP contribution in [0.2, 0.25) is 5.02 Å². The van der Waals surface area contributed by atoms with Crippen molar-refractivity contribution < 1.29 is 0 Å². The van der Waals surface area contributed by atoms with Crippen molar-refractivity contribution in [3.05, 3.63) is 33.8 Å². The summed E-state index contributed by atoms with van der Waals surface area (Å²) in [6.45, 7) is 2.04. The van der Waals surface area contributed by atoms with Crippen LogP contribution in [0, 0.1) is 6.92 Å². The highest BCUT2D eigenvalue weighted by molar-refractivity contribution is 6.31. The SMILES string of the molecule is Cc1cc2c(cc1Cl)CC[C@H](N)C2. The van der Waals surface area contributed by atoms with Crippen molar-refractivity contribution >= 4 is 11.6 Å². The molecule has 0 heterocycles. The zero-order chi connectivity index (χ0) is 9.42. The number of benzene rings is 1. The summed E-state index contributed by atoms with van der Waals surface area (Å²) in [7, 11) is 0. The average Bonchev–Trinajstić information content (AvgIpc) is 2.08. The van der Waals surface area contributed by atoms with Gasteiger partial charge in [-0.25, -0.2) is 0 Å². The normalized spacial score (nSPS) is 21.3. The van der Waals surface area contributed by atoms with Gasteiger partial charge >= 0.3 is 0 Å². The molecule has 0 fully saturated rings. The van der Waals surface area contributed by atoms with Crippen LogP contribution in [0.4, 0.5) is 0 Å². The van der Waals surface area contributed by atoms with Gasteiger partial charge in [-0.3, -0.25) is 0 Å². The molecule has 1 aliphatic rings. The second-order valence-electron chi connectivity index (χ2n) is 3.87. The highest BCUT2D eigenvalue weighted by Gasteiger charge is 2.16. The van der Waals surface area contributed by atoms with Gasteiger partial charge in [0.1, 0.15) is 0 Å². The van der Waals surface area contributed by atoms with Crippen LogP contribution in [0.25, 0.3) is 0 Å². The first-order valence-corrected chi connectivity index (χ1v) is 5.08. The van der Waals surface area contributed by atoms with Crippen molar-refractivity contribution in [1.29, 1.82) is 0 Å². The topological polar surface area (TPSA) is 26.0 Å². The molecule has 2 rings (SSSR count). The van der Waals surface area contributed by atoms with Crippen molar-refractivity contribution in [2.24, 2.45) is 5.73 Å². The molecule has 0 saturated heterocycles. The van der Waals surface area contributed by atoms with Crippen molar-refractivity contribution in [2.45, 2.75) is 32.2 Å². The Labute approximate surface area is 83.9 Å². The lowest BCUT2D eigenvalue weighted by Gasteiger charge is -2.22. The van der Waals surface area contributed by atoms with E-state index in [9.17, 15) is 0 Å². The van der Waals surface area contributed by atoms with E-state index < -0.39 is 0 Å². The number of hydrogen-bond acceptors (Lipinski definition) is 1. The maximum Gasteiger partial charge on any atom is 0.0438 e. The predicted molar refractivity (Wildman–Crippen MR) is 56.2 cm³/mol. The van der Waals surface area contributed by atoms with E-state index in [0.29, 0.717) is 6.04 Å². The molecule has 0 radical (unpaired) electrons. The summed E-state index contributed by atoms with van der Waals surface area (Å²) in [6, 6.07) is 4.61. The molecule has 0 spiro atoms. The molecular formula is C11H14ClN. The Kier molecular flexibility index (Phi) is 2.31. The molecule has 0 saturated carbocycles. The number of nitrogens with two attached hydrogens (primary N) is 1. The fourth-order valence-corrected chi connectivity index (χ4v) is 2.12. The standard InChI is InChI=1S/C11H14ClN/c1-7-4-9-5-10(13)3-2-8(9)6-11(7)12/h4,6,10H,2-3,5,13H2,1H3/t10-/m0/s1. The van der Waals surface area contributed by atoms with Crippen molar-refractivity contribution in [2.75, 3.05) is 0 Å². The first-order chi connectivity index (χ1) is 6.16. The number of rotatable bonds is 0. The van der Waals surface area contributed by atoms with Gasteiger partial charge in [0.25, 0.3) is 0 Å². The smallest absolute Gasteiger partial charge is 0.0438 e. The van der Waals surface area contributed by atoms with Crippen LogP contribution in [0.15, 0.2) is 12.1 Å². The third-order valence-corrected chi connectivity index (χ3v) is 3.15. The van der Waals surface area contributed by atoms with Crippen LogP contribution in [0.3, 0.4) is 0 Å². The summed E-state index contributed by atoms with van der Waals surface area (Å²) in [5, 5.41) is 0.884. The van der Waals surface area contributed by atoms with Crippen molar-refractivity contribution in [1.82, 2.24) is 0 Å². The fraction of sp³-hybridized carbons (Fsp3) is 0.455. The van der Waals surface area contributed by atoms with E-state index in [2.05, 4.69) is 12.1 Å². The number of hydrogen-bond donors (Lipinski definition) is 1. The second-order valence-corrected chi connectivity index (χ2v) is 4.28. The van der Waals surface area contributed by atoms with Crippen LogP contribution in [0.1, 0.15) is 23.1 Å². The molecule has 1 nitrogen and oxygen atoms in total. The third kappa shape index (κ3) is 1.72. The van der Waals surface area contributed by atoms with Gasteiger partial charge in [0, 0.05) is 11.1 Å². The zero-order valence-corrected chi connectivity index (χ0v) is 8.56. The first-order valence-electron chi connectivity index (χ1n) is 4.70. The first kappa shape index (κ1) is 9.04. The summed E-state index contributed by atoms with van der Waals surface area (Å²) >= 11 is 6.05. The Hall–Kier alpha value is -0.530. The molecule has 2 heteroatoms. The lowest BCUT2D eigenvalue weighted by atomic mass is 9.88. The lowest BCUT2D eigenvalue weighted by molar-refractivity contribution is 0.576. The largest absolute Gasteiger partial charge is 0.327 e. The maximum atomic E-state index is 6.05. The molecule has 0 amide bonds. The zero-order valence-electron chi connectivity index (χ0n) is 7.81. The van der Waals surface area contributed by atoms with Crippen LogP contribution < -0.4 is 5.73 Å². The Morgan fingerprint density at radius 1 is 1.38 bits per heavy atom. The summed E-state index contributed by atoms with van der Waals surface area (Å²) < 4.78 is 0. The molecule has 1 aromatic rings. The van der Waals surface area contributed by atoms with Gasteiger partial charge in [0.2, 0.25) is 0 Å². The maximum absolute atomic E-state index is 6.05. The second kappa shape index (κ2) is 3.32. The quantitative estimate of drug-likeness (QED) is 0.676. The minimum absolute atomic E-state index is 0.341.